The number of nitrogens with zero attached hydrogens (tertiary/aromatic N) is 3. The molecule has 0 aliphatic carbocycles. The summed E-state index contributed by atoms with van der Waals surface area (Å²) >= 11 is 7.17. The van der Waals surface area contributed by atoms with Crippen LogP contribution in [0, 0.1) is 11.6 Å². The van der Waals surface area contributed by atoms with Crippen LogP contribution in [0.3, 0.4) is 0 Å². The number of rotatable bonds is 6. The van der Waals surface area contributed by atoms with E-state index in [9.17, 15) is 13.6 Å². The number of hydrogen-bond acceptors (Lipinski definition) is 5. The first-order valence-corrected chi connectivity index (χ1v) is 9.12. The van der Waals surface area contributed by atoms with Gasteiger partial charge in [0.05, 0.1) is 6.54 Å². The van der Waals surface area contributed by atoms with Crippen LogP contribution in [-0.4, -0.2) is 28.1 Å². The third-order valence-electron chi connectivity index (χ3n) is 3.66. The first-order valence-electron chi connectivity index (χ1n) is 7.93. The van der Waals surface area contributed by atoms with Crippen LogP contribution in [0.15, 0.2) is 42.5 Å². The Morgan fingerprint density at radius 3 is 2.59 bits per heavy atom. The smallest absolute Gasteiger partial charge is 0.286 e. The highest BCUT2D eigenvalue weighted by molar-refractivity contribution is 7.13. The summed E-state index contributed by atoms with van der Waals surface area (Å²) in [7, 11) is 1.79. The summed E-state index contributed by atoms with van der Waals surface area (Å²) in [6, 6.07) is 9.97. The Kier molecular flexibility index (Phi) is 6.10. The van der Waals surface area contributed by atoms with Gasteiger partial charge < -0.3 is 5.32 Å². The molecule has 0 radical (unpaired) electrons. The van der Waals surface area contributed by atoms with Crippen molar-refractivity contribution in [3.63, 3.8) is 0 Å². The molecule has 0 bridgehead atoms. The van der Waals surface area contributed by atoms with Crippen LogP contribution in [0.2, 0.25) is 5.02 Å². The van der Waals surface area contributed by atoms with Crippen molar-refractivity contribution in [1.82, 2.24) is 15.1 Å². The molecule has 140 valence electrons. The summed E-state index contributed by atoms with van der Waals surface area (Å²) < 4.78 is 26.8. The molecule has 0 aliphatic rings. The lowest BCUT2D eigenvalue weighted by molar-refractivity contribution is 0.102. The fraction of sp³-hybridized carbons (Fsp3) is 0.167. The predicted octanol–water partition coefficient (Wildman–Crippen LogP) is 4.35. The first-order chi connectivity index (χ1) is 12.9. The Bertz CT molecular complexity index is 929. The van der Waals surface area contributed by atoms with Crippen molar-refractivity contribution in [2.45, 2.75) is 13.1 Å². The maximum absolute atomic E-state index is 13.9. The van der Waals surface area contributed by atoms with Gasteiger partial charge in [0.25, 0.3) is 5.91 Å². The van der Waals surface area contributed by atoms with Crippen LogP contribution < -0.4 is 5.32 Å². The average molecular weight is 409 g/mol. The van der Waals surface area contributed by atoms with Crippen molar-refractivity contribution >= 4 is 34.5 Å². The number of nitrogens with one attached hydrogen (secondary N) is 1. The predicted molar refractivity (Wildman–Crippen MR) is 101 cm³/mol. The molecule has 0 unspecified atom stereocenters. The van der Waals surface area contributed by atoms with Gasteiger partial charge >= 0.3 is 0 Å². The van der Waals surface area contributed by atoms with E-state index in [0.29, 0.717) is 34.4 Å². The van der Waals surface area contributed by atoms with E-state index in [1.165, 1.54) is 30.3 Å². The van der Waals surface area contributed by atoms with Crippen molar-refractivity contribution in [1.29, 1.82) is 0 Å². The standard InChI is InChI=1S/C18H15ClF2N4OS/c1-25(9-13-14(19)3-2-4-15(13)21)10-16-23-24-18(27-16)17(26)22-12-7-5-11(20)6-8-12/h2-8H,9-10H2,1H3,(H,22,26). The van der Waals surface area contributed by atoms with Crippen LogP contribution in [0.4, 0.5) is 14.5 Å². The van der Waals surface area contributed by atoms with Crippen LogP contribution in [0.5, 0.6) is 0 Å². The van der Waals surface area contributed by atoms with E-state index in [0.717, 1.165) is 11.3 Å². The molecule has 1 N–H and O–H groups in total. The molecule has 0 aliphatic heterocycles. The lowest BCUT2D eigenvalue weighted by Gasteiger charge is -2.16. The number of aromatic nitrogens is 2. The summed E-state index contributed by atoms with van der Waals surface area (Å²) in [5.41, 5.74) is 0.866. The van der Waals surface area contributed by atoms with E-state index in [-0.39, 0.29) is 16.6 Å². The van der Waals surface area contributed by atoms with E-state index in [4.69, 9.17) is 11.6 Å². The molecule has 3 rings (SSSR count). The lowest BCUT2D eigenvalue weighted by atomic mass is 10.2. The van der Waals surface area contributed by atoms with Gasteiger partial charge in [-0.1, -0.05) is 29.0 Å². The molecular formula is C18H15ClF2N4OS. The average Bonchev–Trinajstić information content (AvgIpc) is 3.09. The second-order valence-electron chi connectivity index (χ2n) is 5.83. The topological polar surface area (TPSA) is 58.1 Å². The summed E-state index contributed by atoms with van der Waals surface area (Å²) in [6.45, 7) is 0.675. The second kappa shape index (κ2) is 8.51. The van der Waals surface area contributed by atoms with E-state index < -0.39 is 5.91 Å². The van der Waals surface area contributed by atoms with Crippen molar-refractivity contribution in [2.24, 2.45) is 0 Å². The Labute approximate surface area is 163 Å². The van der Waals surface area contributed by atoms with Gasteiger partial charge in [0.1, 0.15) is 16.6 Å². The van der Waals surface area contributed by atoms with Crippen LogP contribution in [-0.2, 0) is 13.1 Å². The highest BCUT2D eigenvalue weighted by Gasteiger charge is 2.16. The summed E-state index contributed by atoms with van der Waals surface area (Å²) in [5.74, 6) is -1.18. The number of carbonyl (C=O) groups is 1. The van der Waals surface area contributed by atoms with Gasteiger partial charge in [-0.3, -0.25) is 9.69 Å². The maximum atomic E-state index is 13.9. The van der Waals surface area contributed by atoms with Crippen molar-refractivity contribution in [3.8, 4) is 0 Å². The maximum Gasteiger partial charge on any atom is 0.286 e. The molecule has 0 fully saturated rings. The van der Waals surface area contributed by atoms with E-state index in [1.807, 2.05) is 4.90 Å². The fourth-order valence-electron chi connectivity index (χ4n) is 2.37. The zero-order valence-corrected chi connectivity index (χ0v) is 15.8. The van der Waals surface area contributed by atoms with Crippen molar-refractivity contribution < 1.29 is 13.6 Å². The molecule has 0 saturated heterocycles. The van der Waals surface area contributed by atoms with Gasteiger partial charge in [0.15, 0.2) is 0 Å². The number of benzene rings is 2. The SMILES string of the molecule is CN(Cc1nnc(C(=O)Nc2ccc(F)cc2)s1)Cc1c(F)cccc1Cl. The van der Waals surface area contributed by atoms with Crippen LogP contribution in [0.1, 0.15) is 20.4 Å². The van der Waals surface area contributed by atoms with Gasteiger partial charge in [-0.15, -0.1) is 10.2 Å². The zero-order chi connectivity index (χ0) is 19.4. The largest absolute Gasteiger partial charge is 0.320 e. The quantitative estimate of drug-likeness (QED) is 0.658. The number of carbonyl (C=O) groups excluding carboxylic acids is 1. The van der Waals surface area contributed by atoms with Gasteiger partial charge in [0, 0.05) is 22.8 Å². The number of hydrogen-bond donors (Lipinski definition) is 1. The Hall–Kier alpha value is -2.42. The first kappa shape index (κ1) is 19.3. The number of halogens is 3. The number of amides is 1. The third-order valence-corrected chi connectivity index (χ3v) is 4.92. The van der Waals surface area contributed by atoms with Gasteiger partial charge in [-0.05, 0) is 43.4 Å². The van der Waals surface area contributed by atoms with Crippen LogP contribution in [0.25, 0.3) is 0 Å². The highest BCUT2D eigenvalue weighted by atomic mass is 35.5. The Morgan fingerprint density at radius 1 is 1.15 bits per heavy atom. The van der Waals surface area contributed by atoms with Gasteiger partial charge in [-0.25, -0.2) is 8.78 Å². The molecule has 0 saturated carbocycles. The molecule has 0 atom stereocenters. The molecule has 1 amide bonds. The lowest BCUT2D eigenvalue weighted by Crippen LogP contribution is -2.18. The van der Waals surface area contributed by atoms with Crippen molar-refractivity contribution in [2.75, 3.05) is 12.4 Å². The molecule has 3 aromatic rings. The van der Waals surface area contributed by atoms with E-state index >= 15 is 0 Å². The monoisotopic (exact) mass is 408 g/mol. The molecule has 0 spiro atoms. The Morgan fingerprint density at radius 2 is 1.89 bits per heavy atom. The van der Waals surface area contributed by atoms with E-state index in [1.54, 1.807) is 19.2 Å². The fourth-order valence-corrected chi connectivity index (χ4v) is 3.41. The van der Waals surface area contributed by atoms with Gasteiger partial charge in [-0.2, -0.15) is 0 Å². The van der Waals surface area contributed by atoms with E-state index in [2.05, 4.69) is 15.5 Å². The minimum atomic E-state index is -0.426. The second-order valence-corrected chi connectivity index (χ2v) is 7.30. The summed E-state index contributed by atoms with van der Waals surface area (Å²) in [4.78, 5) is 14.0. The van der Waals surface area contributed by atoms with Crippen LogP contribution >= 0.6 is 22.9 Å². The number of anilines is 1. The van der Waals surface area contributed by atoms with Crippen molar-refractivity contribution in [3.05, 3.63) is 74.7 Å². The Balaban J connectivity index is 1.61. The summed E-state index contributed by atoms with van der Waals surface area (Å²) in [5, 5.41) is 11.7. The molecule has 5 nitrogen and oxygen atoms in total. The minimum Gasteiger partial charge on any atom is -0.320 e. The molecule has 2 aromatic carbocycles. The molecular weight excluding hydrogens is 394 g/mol. The highest BCUT2D eigenvalue weighted by Crippen LogP contribution is 2.22. The van der Waals surface area contributed by atoms with Gasteiger partial charge in [0.2, 0.25) is 5.01 Å². The normalized spacial score (nSPS) is 11.0. The minimum absolute atomic E-state index is 0.187. The zero-order valence-electron chi connectivity index (χ0n) is 14.2. The molecule has 1 aromatic heterocycles. The molecule has 27 heavy (non-hydrogen) atoms. The summed E-state index contributed by atoms with van der Waals surface area (Å²) in [6.07, 6.45) is 0. The third kappa shape index (κ3) is 5.06. The molecule has 1 heterocycles. The molecule has 9 heteroatoms.